The number of methoxy groups -OCH3 is 1. The first-order valence-electron chi connectivity index (χ1n) is 5.76. The van der Waals surface area contributed by atoms with Gasteiger partial charge in [0, 0.05) is 0 Å². The van der Waals surface area contributed by atoms with E-state index >= 15 is 0 Å². The normalized spacial score (nSPS) is 12.3. The summed E-state index contributed by atoms with van der Waals surface area (Å²) in [4.78, 5) is 0.0222. The Bertz CT molecular complexity index is 599. The SMILES string of the molecule is COc1ccc(C(Br)c2ccc(F)c(C)c2)cc1Br. The average molecular weight is 388 g/mol. The zero-order chi connectivity index (χ0) is 14.0. The second-order valence-corrected chi connectivity index (χ2v) is 6.04. The number of hydrogen-bond acceptors (Lipinski definition) is 1. The van der Waals surface area contributed by atoms with Crippen LogP contribution in [0, 0.1) is 12.7 Å². The molecule has 19 heavy (non-hydrogen) atoms. The fourth-order valence-electron chi connectivity index (χ4n) is 1.86. The molecule has 0 aromatic heterocycles. The van der Waals surface area contributed by atoms with Crippen molar-refractivity contribution in [2.75, 3.05) is 7.11 Å². The van der Waals surface area contributed by atoms with E-state index in [1.54, 1.807) is 20.1 Å². The predicted molar refractivity (Wildman–Crippen MR) is 82.6 cm³/mol. The molecule has 2 aromatic carbocycles. The van der Waals surface area contributed by atoms with Crippen LogP contribution in [0.15, 0.2) is 40.9 Å². The van der Waals surface area contributed by atoms with Gasteiger partial charge in [-0.25, -0.2) is 4.39 Å². The van der Waals surface area contributed by atoms with Gasteiger partial charge < -0.3 is 4.74 Å². The van der Waals surface area contributed by atoms with Crippen molar-refractivity contribution in [1.82, 2.24) is 0 Å². The topological polar surface area (TPSA) is 9.23 Å². The zero-order valence-electron chi connectivity index (χ0n) is 10.6. The second-order valence-electron chi connectivity index (χ2n) is 4.27. The molecule has 4 heteroatoms. The van der Waals surface area contributed by atoms with Gasteiger partial charge in [0.15, 0.2) is 0 Å². The highest BCUT2D eigenvalue weighted by atomic mass is 79.9. The molecule has 0 heterocycles. The highest BCUT2D eigenvalue weighted by Crippen LogP contribution is 2.35. The van der Waals surface area contributed by atoms with E-state index in [0.717, 1.165) is 21.3 Å². The van der Waals surface area contributed by atoms with Crippen molar-refractivity contribution in [3.8, 4) is 5.75 Å². The van der Waals surface area contributed by atoms with Crippen LogP contribution in [-0.2, 0) is 0 Å². The summed E-state index contributed by atoms with van der Waals surface area (Å²) in [5.41, 5.74) is 2.75. The Morgan fingerprint density at radius 3 is 2.32 bits per heavy atom. The van der Waals surface area contributed by atoms with Crippen LogP contribution in [0.1, 0.15) is 21.5 Å². The molecule has 0 bridgehead atoms. The number of alkyl halides is 1. The lowest BCUT2D eigenvalue weighted by Crippen LogP contribution is -1.95. The highest BCUT2D eigenvalue weighted by Gasteiger charge is 2.13. The van der Waals surface area contributed by atoms with E-state index in [1.807, 2.05) is 24.3 Å². The monoisotopic (exact) mass is 386 g/mol. The molecule has 0 amide bonds. The summed E-state index contributed by atoms with van der Waals surface area (Å²) in [6, 6.07) is 11.0. The molecule has 2 rings (SSSR count). The van der Waals surface area contributed by atoms with Gasteiger partial charge in [-0.05, 0) is 57.7 Å². The number of hydrogen-bond donors (Lipinski definition) is 0. The molecule has 0 radical (unpaired) electrons. The van der Waals surface area contributed by atoms with Crippen LogP contribution in [0.5, 0.6) is 5.75 Å². The molecule has 0 aliphatic carbocycles. The number of rotatable bonds is 3. The maximum Gasteiger partial charge on any atom is 0.133 e. The van der Waals surface area contributed by atoms with Crippen molar-refractivity contribution >= 4 is 31.9 Å². The van der Waals surface area contributed by atoms with Crippen molar-refractivity contribution in [1.29, 1.82) is 0 Å². The number of aryl methyl sites for hydroxylation is 1. The predicted octanol–water partition coefficient (Wildman–Crippen LogP) is 5.39. The van der Waals surface area contributed by atoms with Crippen LogP contribution in [-0.4, -0.2) is 7.11 Å². The van der Waals surface area contributed by atoms with Gasteiger partial charge in [-0.3, -0.25) is 0 Å². The van der Waals surface area contributed by atoms with Crippen molar-refractivity contribution < 1.29 is 9.13 Å². The molecule has 0 aliphatic heterocycles. The largest absolute Gasteiger partial charge is 0.496 e. The molecule has 1 atom stereocenters. The summed E-state index contributed by atoms with van der Waals surface area (Å²) in [7, 11) is 1.63. The lowest BCUT2D eigenvalue weighted by atomic mass is 10.0. The maximum atomic E-state index is 13.3. The lowest BCUT2D eigenvalue weighted by Gasteiger charge is -2.13. The third-order valence-electron chi connectivity index (χ3n) is 2.94. The Kier molecular flexibility index (Phi) is 4.63. The van der Waals surface area contributed by atoms with Crippen molar-refractivity contribution in [2.24, 2.45) is 0 Å². The first kappa shape index (κ1) is 14.5. The minimum absolute atomic E-state index is 0.0222. The van der Waals surface area contributed by atoms with Crippen LogP contribution in [0.2, 0.25) is 0 Å². The van der Waals surface area contributed by atoms with Crippen molar-refractivity contribution in [2.45, 2.75) is 11.8 Å². The molecule has 0 N–H and O–H groups in total. The van der Waals surface area contributed by atoms with Crippen molar-refractivity contribution in [3.05, 3.63) is 63.4 Å². The minimum atomic E-state index is -0.181. The third kappa shape index (κ3) is 3.18. The molecule has 0 saturated carbocycles. The quantitative estimate of drug-likeness (QED) is 0.641. The van der Waals surface area contributed by atoms with Gasteiger partial charge in [0.25, 0.3) is 0 Å². The zero-order valence-corrected chi connectivity index (χ0v) is 13.8. The van der Waals surface area contributed by atoms with Gasteiger partial charge in [-0.2, -0.15) is 0 Å². The lowest BCUT2D eigenvalue weighted by molar-refractivity contribution is 0.412. The first-order valence-corrected chi connectivity index (χ1v) is 7.47. The molecule has 0 aliphatic rings. The van der Waals surface area contributed by atoms with Crippen molar-refractivity contribution in [3.63, 3.8) is 0 Å². The van der Waals surface area contributed by atoms with Crippen LogP contribution in [0.25, 0.3) is 0 Å². The van der Waals surface area contributed by atoms with Gasteiger partial charge in [-0.1, -0.05) is 34.1 Å². The fourth-order valence-corrected chi connectivity index (χ4v) is 2.99. The maximum absolute atomic E-state index is 13.3. The second kappa shape index (κ2) is 6.06. The van der Waals surface area contributed by atoms with Gasteiger partial charge in [0.05, 0.1) is 16.4 Å². The van der Waals surface area contributed by atoms with Crippen LogP contribution >= 0.6 is 31.9 Å². The summed E-state index contributed by atoms with van der Waals surface area (Å²) in [6.45, 7) is 1.77. The minimum Gasteiger partial charge on any atom is -0.496 e. The Hall–Kier alpha value is -0.870. The van der Waals surface area contributed by atoms with E-state index in [2.05, 4.69) is 31.9 Å². The van der Waals surface area contributed by atoms with Gasteiger partial charge in [0.1, 0.15) is 11.6 Å². The Morgan fingerprint density at radius 1 is 1.11 bits per heavy atom. The van der Waals surface area contributed by atoms with E-state index in [-0.39, 0.29) is 10.6 Å². The number of ether oxygens (including phenoxy) is 1. The molecule has 2 aromatic rings. The van der Waals surface area contributed by atoms with Gasteiger partial charge >= 0.3 is 0 Å². The summed E-state index contributed by atoms with van der Waals surface area (Å²) >= 11 is 7.12. The van der Waals surface area contributed by atoms with E-state index < -0.39 is 0 Å². The van der Waals surface area contributed by atoms with Crippen LogP contribution < -0.4 is 4.74 Å². The number of benzene rings is 2. The Labute approximate surface area is 129 Å². The molecule has 1 nitrogen and oxygen atoms in total. The smallest absolute Gasteiger partial charge is 0.133 e. The van der Waals surface area contributed by atoms with Gasteiger partial charge in [0.2, 0.25) is 0 Å². The molecular weight excluding hydrogens is 375 g/mol. The summed E-state index contributed by atoms with van der Waals surface area (Å²) in [5, 5.41) is 0. The summed E-state index contributed by atoms with van der Waals surface area (Å²) in [6.07, 6.45) is 0. The molecule has 0 spiro atoms. The molecule has 100 valence electrons. The molecule has 0 fully saturated rings. The first-order chi connectivity index (χ1) is 9.02. The van der Waals surface area contributed by atoms with Crippen LogP contribution in [0.4, 0.5) is 4.39 Å². The fraction of sp³-hybridized carbons (Fsp3) is 0.200. The van der Waals surface area contributed by atoms with E-state index in [1.165, 1.54) is 6.07 Å². The molecular formula is C15H13Br2FO. The van der Waals surface area contributed by atoms with E-state index in [9.17, 15) is 4.39 Å². The average Bonchev–Trinajstić information content (AvgIpc) is 2.41. The highest BCUT2D eigenvalue weighted by molar-refractivity contribution is 9.10. The third-order valence-corrected chi connectivity index (χ3v) is 4.62. The Morgan fingerprint density at radius 2 is 1.74 bits per heavy atom. The van der Waals surface area contributed by atoms with E-state index in [0.29, 0.717) is 5.56 Å². The molecule has 0 saturated heterocycles. The van der Waals surface area contributed by atoms with Gasteiger partial charge in [-0.15, -0.1) is 0 Å². The van der Waals surface area contributed by atoms with E-state index in [4.69, 9.17) is 4.74 Å². The number of halogens is 3. The summed E-state index contributed by atoms with van der Waals surface area (Å²) in [5.74, 6) is 0.609. The van der Waals surface area contributed by atoms with Crippen LogP contribution in [0.3, 0.4) is 0 Å². The summed E-state index contributed by atoms with van der Waals surface area (Å²) < 4.78 is 19.4. The Balaban J connectivity index is 2.35. The molecule has 1 unspecified atom stereocenters. The standard InChI is InChI=1S/C15H13Br2FO/c1-9-7-10(3-5-13(9)18)15(17)11-4-6-14(19-2)12(16)8-11/h3-8,15H,1-2H3.